The normalized spacial score (nSPS) is 36.2. The van der Waals surface area contributed by atoms with Gasteiger partial charge in [0.15, 0.2) is 0 Å². The molecule has 3 aliphatic carbocycles. The average molecular weight is 435 g/mol. The second kappa shape index (κ2) is 6.47. The van der Waals surface area contributed by atoms with Crippen LogP contribution in [0.2, 0.25) is 5.02 Å². The van der Waals surface area contributed by atoms with E-state index in [0.717, 1.165) is 18.9 Å². The Morgan fingerprint density at radius 3 is 2.50 bits per heavy atom. The minimum absolute atomic E-state index is 0.0564. The molecular formula is C23H27ClO6. The zero-order valence-corrected chi connectivity index (χ0v) is 18.3. The van der Waals surface area contributed by atoms with Gasteiger partial charge in [-0.3, -0.25) is 4.79 Å². The molecule has 3 N–H and O–H groups in total. The van der Waals surface area contributed by atoms with Gasteiger partial charge in [-0.1, -0.05) is 38.4 Å². The molecule has 7 heteroatoms. The molecule has 0 spiro atoms. The van der Waals surface area contributed by atoms with Crippen molar-refractivity contribution in [1.82, 2.24) is 0 Å². The molecule has 0 aromatic heterocycles. The summed E-state index contributed by atoms with van der Waals surface area (Å²) in [6.45, 7) is 7.84. The number of carbonyl (C=O) groups is 2. The van der Waals surface area contributed by atoms with Gasteiger partial charge in [-0.25, -0.2) is 4.79 Å². The third kappa shape index (κ3) is 2.66. The van der Waals surface area contributed by atoms with Crippen LogP contribution in [-0.4, -0.2) is 39.3 Å². The fraction of sp³-hybridized carbons (Fsp3) is 0.565. The lowest BCUT2D eigenvalue weighted by Gasteiger charge is -2.64. The first-order chi connectivity index (χ1) is 13.9. The summed E-state index contributed by atoms with van der Waals surface area (Å²) >= 11 is 6.00. The molecule has 1 unspecified atom stereocenters. The van der Waals surface area contributed by atoms with Gasteiger partial charge in [0.05, 0.1) is 5.02 Å². The van der Waals surface area contributed by atoms with E-state index >= 15 is 0 Å². The molecule has 6 nitrogen and oxygen atoms in total. The quantitative estimate of drug-likeness (QED) is 0.492. The second-order valence-electron chi connectivity index (χ2n) is 10.1. The maximum absolute atomic E-state index is 12.9. The van der Waals surface area contributed by atoms with E-state index in [2.05, 4.69) is 13.8 Å². The standard InChI is InChI=1S/C23H27ClO6/c1-11-18(15(26)6-16(27)19(11)24)20(28)30-17-9-22(4)14-8-21(2,3)7-12(14)5-13(10-25)23(17,22)29/h5-6,10,12,14,17,26-27,29H,7-9H2,1-4H3/t12?,14-,17+,22+,23-/m0/s1. The van der Waals surface area contributed by atoms with Gasteiger partial charge in [-0.2, -0.15) is 0 Å². The van der Waals surface area contributed by atoms with E-state index in [1.165, 1.54) is 6.92 Å². The molecular weight excluding hydrogens is 408 g/mol. The summed E-state index contributed by atoms with van der Waals surface area (Å²) in [7, 11) is 0. The summed E-state index contributed by atoms with van der Waals surface area (Å²) in [4.78, 5) is 24.7. The number of carbonyl (C=O) groups excluding carboxylic acids is 2. The fourth-order valence-corrected chi connectivity index (χ4v) is 6.33. The number of esters is 1. The number of fused-ring (bicyclic) bond motifs is 3. The van der Waals surface area contributed by atoms with E-state index in [4.69, 9.17) is 16.3 Å². The van der Waals surface area contributed by atoms with Crippen LogP contribution in [0.4, 0.5) is 0 Å². The van der Waals surface area contributed by atoms with E-state index in [9.17, 15) is 24.9 Å². The Morgan fingerprint density at radius 2 is 1.87 bits per heavy atom. The lowest BCUT2D eigenvalue weighted by atomic mass is 9.44. The Balaban J connectivity index is 1.66. The van der Waals surface area contributed by atoms with Crippen LogP contribution in [0.15, 0.2) is 17.7 Å². The van der Waals surface area contributed by atoms with E-state index in [0.29, 0.717) is 12.7 Å². The highest BCUT2D eigenvalue weighted by molar-refractivity contribution is 6.33. The maximum Gasteiger partial charge on any atom is 0.342 e. The van der Waals surface area contributed by atoms with Crippen LogP contribution in [0, 0.1) is 29.6 Å². The van der Waals surface area contributed by atoms with Crippen molar-refractivity contribution < 1.29 is 29.6 Å². The Bertz CT molecular complexity index is 982. The Hall–Kier alpha value is -2.05. The van der Waals surface area contributed by atoms with Crippen molar-refractivity contribution in [3.63, 3.8) is 0 Å². The third-order valence-electron chi connectivity index (χ3n) is 7.71. The molecule has 0 radical (unpaired) electrons. The molecule has 162 valence electrons. The summed E-state index contributed by atoms with van der Waals surface area (Å²) < 4.78 is 5.61. The number of phenols is 2. The maximum atomic E-state index is 12.9. The van der Waals surface area contributed by atoms with Crippen LogP contribution in [-0.2, 0) is 9.53 Å². The highest BCUT2D eigenvalue weighted by Crippen LogP contribution is 2.68. The zero-order valence-electron chi connectivity index (χ0n) is 17.5. The predicted octanol–water partition coefficient (Wildman–Crippen LogP) is 3.92. The van der Waals surface area contributed by atoms with Gasteiger partial charge in [0.2, 0.25) is 0 Å². The van der Waals surface area contributed by atoms with Gasteiger partial charge in [-0.05, 0) is 49.0 Å². The molecule has 0 saturated heterocycles. The largest absolute Gasteiger partial charge is 0.507 e. The lowest BCUT2D eigenvalue weighted by Crippen LogP contribution is -2.72. The Morgan fingerprint density at radius 1 is 1.20 bits per heavy atom. The first-order valence-corrected chi connectivity index (χ1v) is 10.6. The molecule has 0 amide bonds. The minimum Gasteiger partial charge on any atom is -0.507 e. The lowest BCUT2D eigenvalue weighted by molar-refractivity contribution is -0.246. The third-order valence-corrected chi connectivity index (χ3v) is 8.19. The average Bonchev–Trinajstić information content (AvgIpc) is 2.97. The van der Waals surface area contributed by atoms with Crippen molar-refractivity contribution in [3.05, 3.63) is 33.9 Å². The molecule has 4 rings (SSSR count). The molecule has 0 aliphatic heterocycles. The first kappa shape index (κ1) is 21.2. The van der Waals surface area contributed by atoms with Gasteiger partial charge < -0.3 is 20.1 Å². The second-order valence-corrected chi connectivity index (χ2v) is 10.5. The number of allylic oxidation sites excluding steroid dienone is 1. The fourth-order valence-electron chi connectivity index (χ4n) is 6.18. The summed E-state index contributed by atoms with van der Waals surface area (Å²) in [5, 5.41) is 31.5. The number of hydrogen-bond acceptors (Lipinski definition) is 6. The molecule has 3 aliphatic rings. The summed E-state index contributed by atoms with van der Waals surface area (Å²) in [5.41, 5.74) is -1.76. The zero-order chi connectivity index (χ0) is 22.2. The van der Waals surface area contributed by atoms with Crippen LogP contribution in [0.3, 0.4) is 0 Å². The first-order valence-electron chi connectivity index (χ1n) is 10.2. The molecule has 30 heavy (non-hydrogen) atoms. The number of rotatable bonds is 3. The Kier molecular flexibility index (Phi) is 4.57. The topological polar surface area (TPSA) is 104 Å². The summed E-state index contributed by atoms with van der Waals surface area (Å²) in [6.07, 6.45) is 3.90. The van der Waals surface area contributed by atoms with Crippen LogP contribution < -0.4 is 0 Å². The molecule has 5 atom stereocenters. The van der Waals surface area contributed by atoms with Gasteiger partial charge >= 0.3 is 5.97 Å². The number of hydrogen-bond donors (Lipinski definition) is 3. The summed E-state index contributed by atoms with van der Waals surface area (Å²) in [5.74, 6) is -1.25. The van der Waals surface area contributed by atoms with E-state index in [-0.39, 0.29) is 44.7 Å². The van der Waals surface area contributed by atoms with E-state index in [1.807, 2.05) is 13.0 Å². The number of halogens is 1. The monoisotopic (exact) mass is 434 g/mol. The van der Waals surface area contributed by atoms with E-state index in [1.54, 1.807) is 0 Å². The van der Waals surface area contributed by atoms with Crippen LogP contribution in [0.5, 0.6) is 11.5 Å². The van der Waals surface area contributed by atoms with E-state index < -0.39 is 28.8 Å². The number of aliphatic hydroxyl groups is 1. The van der Waals surface area contributed by atoms with Crippen molar-refractivity contribution in [2.45, 2.75) is 58.7 Å². The molecule has 0 bridgehead atoms. The number of benzene rings is 1. The molecule has 2 fully saturated rings. The number of ether oxygens (including phenoxy) is 1. The molecule has 1 aromatic carbocycles. The van der Waals surface area contributed by atoms with Crippen molar-refractivity contribution in [2.24, 2.45) is 22.7 Å². The summed E-state index contributed by atoms with van der Waals surface area (Å²) in [6, 6.07) is 0.980. The molecule has 0 heterocycles. The van der Waals surface area contributed by atoms with Crippen molar-refractivity contribution in [3.8, 4) is 11.5 Å². The van der Waals surface area contributed by atoms with Crippen LogP contribution in [0.25, 0.3) is 0 Å². The Labute approximate surface area is 180 Å². The number of aldehydes is 1. The van der Waals surface area contributed by atoms with Crippen molar-refractivity contribution in [2.75, 3.05) is 0 Å². The van der Waals surface area contributed by atoms with Gasteiger partial charge in [0.25, 0.3) is 0 Å². The van der Waals surface area contributed by atoms with Crippen molar-refractivity contribution in [1.29, 1.82) is 0 Å². The number of phenolic OH excluding ortho intramolecular Hbond substituents is 2. The number of aromatic hydroxyl groups is 2. The van der Waals surface area contributed by atoms with Crippen LogP contribution >= 0.6 is 11.6 Å². The van der Waals surface area contributed by atoms with Gasteiger partial charge in [0, 0.05) is 17.1 Å². The smallest absolute Gasteiger partial charge is 0.342 e. The predicted molar refractivity (Wildman–Crippen MR) is 111 cm³/mol. The highest BCUT2D eigenvalue weighted by Gasteiger charge is 2.72. The van der Waals surface area contributed by atoms with Crippen LogP contribution in [0.1, 0.15) is 56.0 Å². The SMILES string of the molecule is Cc1c(Cl)c(O)cc(O)c1C(=O)O[C@@H]1C[C@]2(C)[C@H]3CC(C)(C)CC3C=C(C=O)[C@]12O. The molecule has 1 aromatic rings. The van der Waals surface area contributed by atoms with Crippen molar-refractivity contribution >= 4 is 23.9 Å². The highest BCUT2D eigenvalue weighted by atomic mass is 35.5. The minimum atomic E-state index is -1.57. The van der Waals surface area contributed by atoms with Gasteiger partial charge in [-0.15, -0.1) is 0 Å². The van der Waals surface area contributed by atoms with Gasteiger partial charge in [0.1, 0.15) is 35.1 Å². The molecule has 2 saturated carbocycles.